The summed E-state index contributed by atoms with van der Waals surface area (Å²) in [6, 6.07) is 5.50. The Balaban J connectivity index is 0.000000720. The van der Waals surface area contributed by atoms with Gasteiger partial charge in [0.05, 0.1) is 16.2 Å². The summed E-state index contributed by atoms with van der Waals surface area (Å²) < 4.78 is 0. The maximum absolute atomic E-state index is 5.89. The fourth-order valence-electron chi connectivity index (χ4n) is 1.14. The number of hydrogen-bond donors (Lipinski definition) is 2. The Morgan fingerprint density at radius 3 is 2.67 bits per heavy atom. The molecule has 2 aromatic rings. The van der Waals surface area contributed by atoms with Gasteiger partial charge in [0.15, 0.2) is 0 Å². The lowest BCUT2D eigenvalue weighted by Crippen LogP contribution is -1.85. The van der Waals surface area contributed by atoms with Crippen molar-refractivity contribution in [1.29, 1.82) is 0 Å². The summed E-state index contributed by atoms with van der Waals surface area (Å²) in [5.74, 6) is 0. The Kier molecular flexibility index (Phi) is 2.50. The minimum Gasteiger partial charge on any atom is -0.397 e. The zero-order valence-electron chi connectivity index (χ0n) is 6.17. The van der Waals surface area contributed by atoms with Crippen molar-refractivity contribution in [3.05, 3.63) is 29.4 Å². The van der Waals surface area contributed by atoms with E-state index in [-0.39, 0.29) is 12.4 Å². The van der Waals surface area contributed by atoms with Crippen molar-refractivity contribution in [3.63, 3.8) is 0 Å². The van der Waals surface area contributed by atoms with Crippen LogP contribution in [0.4, 0.5) is 5.69 Å². The maximum atomic E-state index is 5.89. The quantitative estimate of drug-likeness (QED) is 0.635. The first-order valence-corrected chi connectivity index (χ1v) is 3.68. The second-order valence-electron chi connectivity index (χ2n) is 2.40. The van der Waals surface area contributed by atoms with Gasteiger partial charge >= 0.3 is 0 Å². The average Bonchev–Trinajstić information content (AvgIpc) is 2.45. The number of nitrogens with one attached hydrogen (secondary N) is 1. The highest BCUT2D eigenvalue weighted by Gasteiger charge is 2.01. The van der Waals surface area contributed by atoms with Crippen LogP contribution in [0.2, 0.25) is 5.02 Å². The number of rotatable bonds is 0. The van der Waals surface area contributed by atoms with Crippen molar-refractivity contribution in [2.45, 2.75) is 0 Å². The molecule has 0 saturated heterocycles. The van der Waals surface area contributed by atoms with E-state index in [0.29, 0.717) is 0 Å². The fraction of sp³-hybridized carbons (Fsp3) is 0. The highest BCUT2D eigenvalue weighted by Crippen LogP contribution is 2.26. The van der Waals surface area contributed by atoms with Gasteiger partial charge in [0, 0.05) is 11.6 Å². The Morgan fingerprint density at radius 1 is 1.25 bits per heavy atom. The lowest BCUT2D eigenvalue weighted by atomic mass is 10.2. The summed E-state index contributed by atoms with van der Waals surface area (Å²) in [6.07, 6.45) is 1.83. The van der Waals surface area contributed by atoms with Crippen LogP contribution in [-0.2, 0) is 0 Å². The minimum atomic E-state index is 0. The van der Waals surface area contributed by atoms with E-state index < -0.39 is 0 Å². The van der Waals surface area contributed by atoms with Gasteiger partial charge in [-0.1, -0.05) is 11.6 Å². The van der Waals surface area contributed by atoms with Crippen LogP contribution in [0.5, 0.6) is 0 Å². The molecular formula is C8H8Cl2N2. The summed E-state index contributed by atoms with van der Waals surface area (Å²) in [5.41, 5.74) is 7.32. The highest BCUT2D eigenvalue weighted by atomic mass is 35.5. The largest absolute Gasteiger partial charge is 0.397 e. The predicted molar refractivity (Wildman–Crippen MR) is 55.0 cm³/mol. The van der Waals surface area contributed by atoms with Crippen LogP contribution in [-0.4, -0.2) is 4.98 Å². The van der Waals surface area contributed by atoms with Gasteiger partial charge in [-0.05, 0) is 18.2 Å². The van der Waals surface area contributed by atoms with Crippen molar-refractivity contribution < 1.29 is 0 Å². The molecule has 1 heterocycles. The standard InChI is InChI=1S/C8H7ClN2.ClH/c9-6-1-2-7(10)8-5(6)3-4-11-8;/h1-4,11H,10H2;1H. The van der Waals surface area contributed by atoms with Crippen LogP contribution in [0, 0.1) is 0 Å². The molecule has 0 unspecified atom stereocenters. The number of hydrogen-bond acceptors (Lipinski definition) is 1. The second kappa shape index (κ2) is 3.25. The van der Waals surface area contributed by atoms with Crippen molar-refractivity contribution in [2.24, 2.45) is 0 Å². The molecule has 0 atom stereocenters. The number of nitrogens with two attached hydrogens (primary N) is 1. The van der Waals surface area contributed by atoms with Crippen LogP contribution >= 0.6 is 24.0 Å². The van der Waals surface area contributed by atoms with Crippen molar-refractivity contribution in [3.8, 4) is 0 Å². The van der Waals surface area contributed by atoms with E-state index in [1.165, 1.54) is 0 Å². The first kappa shape index (κ1) is 9.23. The van der Waals surface area contributed by atoms with E-state index in [2.05, 4.69) is 4.98 Å². The molecule has 0 bridgehead atoms. The molecule has 0 aliphatic rings. The van der Waals surface area contributed by atoms with Gasteiger partial charge in [-0.15, -0.1) is 12.4 Å². The van der Waals surface area contributed by atoms with Gasteiger partial charge in [-0.3, -0.25) is 0 Å². The molecule has 4 heteroatoms. The molecule has 3 N–H and O–H groups in total. The molecule has 0 aliphatic carbocycles. The van der Waals surface area contributed by atoms with E-state index >= 15 is 0 Å². The summed E-state index contributed by atoms with van der Waals surface area (Å²) in [4.78, 5) is 3.02. The van der Waals surface area contributed by atoms with E-state index in [4.69, 9.17) is 17.3 Å². The summed E-state index contributed by atoms with van der Waals surface area (Å²) in [6.45, 7) is 0. The van der Waals surface area contributed by atoms with Crippen LogP contribution < -0.4 is 5.73 Å². The van der Waals surface area contributed by atoms with E-state index in [0.717, 1.165) is 21.6 Å². The topological polar surface area (TPSA) is 41.8 Å². The molecule has 1 aromatic heterocycles. The molecule has 0 aliphatic heterocycles. The van der Waals surface area contributed by atoms with Crippen molar-refractivity contribution >= 4 is 40.6 Å². The number of fused-ring (bicyclic) bond motifs is 1. The van der Waals surface area contributed by atoms with Gasteiger partial charge < -0.3 is 10.7 Å². The van der Waals surface area contributed by atoms with Gasteiger partial charge in [0.25, 0.3) is 0 Å². The number of benzene rings is 1. The smallest absolute Gasteiger partial charge is 0.0702 e. The molecule has 2 rings (SSSR count). The lowest BCUT2D eigenvalue weighted by molar-refractivity contribution is 1.48. The molecule has 0 saturated carbocycles. The zero-order valence-corrected chi connectivity index (χ0v) is 7.75. The Hall–Kier alpha value is -0.860. The molecule has 12 heavy (non-hydrogen) atoms. The molecular weight excluding hydrogens is 195 g/mol. The molecule has 0 spiro atoms. The first-order chi connectivity index (χ1) is 5.29. The number of nitrogen functional groups attached to an aromatic ring is 1. The predicted octanol–water partition coefficient (Wildman–Crippen LogP) is 2.83. The van der Waals surface area contributed by atoms with Gasteiger partial charge in [-0.2, -0.15) is 0 Å². The Labute approximate surface area is 81.1 Å². The second-order valence-corrected chi connectivity index (χ2v) is 2.81. The van der Waals surface area contributed by atoms with E-state index in [1.54, 1.807) is 12.1 Å². The summed E-state index contributed by atoms with van der Waals surface area (Å²) in [5, 5.41) is 1.71. The molecule has 2 nitrogen and oxygen atoms in total. The third kappa shape index (κ3) is 1.24. The molecule has 0 fully saturated rings. The minimum absolute atomic E-state index is 0. The molecule has 0 amide bonds. The maximum Gasteiger partial charge on any atom is 0.0702 e. The van der Waals surface area contributed by atoms with Gasteiger partial charge in [0.1, 0.15) is 0 Å². The Bertz CT molecular complexity index is 359. The van der Waals surface area contributed by atoms with Gasteiger partial charge in [0.2, 0.25) is 0 Å². The molecule has 1 aromatic carbocycles. The number of halogens is 2. The van der Waals surface area contributed by atoms with E-state index in [1.807, 2.05) is 12.3 Å². The third-order valence-electron chi connectivity index (χ3n) is 1.70. The van der Waals surface area contributed by atoms with E-state index in [9.17, 15) is 0 Å². The van der Waals surface area contributed by atoms with Crippen LogP contribution in [0.3, 0.4) is 0 Å². The Morgan fingerprint density at radius 2 is 2.00 bits per heavy atom. The lowest BCUT2D eigenvalue weighted by Gasteiger charge is -1.96. The van der Waals surface area contributed by atoms with Gasteiger partial charge in [-0.25, -0.2) is 0 Å². The zero-order chi connectivity index (χ0) is 7.84. The summed E-state index contributed by atoms with van der Waals surface area (Å²) in [7, 11) is 0. The highest BCUT2D eigenvalue weighted by molar-refractivity contribution is 6.35. The van der Waals surface area contributed by atoms with Crippen LogP contribution in [0.25, 0.3) is 10.9 Å². The number of aromatic amines is 1. The molecule has 64 valence electrons. The molecule has 0 radical (unpaired) electrons. The fourth-order valence-corrected chi connectivity index (χ4v) is 1.36. The number of H-pyrrole nitrogens is 1. The third-order valence-corrected chi connectivity index (χ3v) is 2.03. The summed E-state index contributed by atoms with van der Waals surface area (Å²) >= 11 is 5.89. The first-order valence-electron chi connectivity index (χ1n) is 3.30. The van der Waals surface area contributed by atoms with Crippen LogP contribution in [0.1, 0.15) is 0 Å². The van der Waals surface area contributed by atoms with Crippen molar-refractivity contribution in [2.75, 3.05) is 5.73 Å². The number of aromatic nitrogens is 1. The van der Waals surface area contributed by atoms with Crippen LogP contribution in [0.15, 0.2) is 24.4 Å². The average molecular weight is 203 g/mol. The number of anilines is 1. The normalized spacial score (nSPS) is 9.75. The van der Waals surface area contributed by atoms with Crippen molar-refractivity contribution in [1.82, 2.24) is 4.98 Å². The monoisotopic (exact) mass is 202 g/mol. The SMILES string of the molecule is Cl.Nc1ccc(Cl)c2cc[nH]c12.